The van der Waals surface area contributed by atoms with Crippen LogP contribution < -0.4 is 10.1 Å². The summed E-state index contributed by atoms with van der Waals surface area (Å²) in [4.78, 5) is 11.4. The topological polar surface area (TPSA) is 38.3 Å². The van der Waals surface area contributed by atoms with Crippen LogP contribution in [-0.4, -0.2) is 5.91 Å². The Balaban J connectivity index is 2.09. The van der Waals surface area contributed by atoms with Gasteiger partial charge >= 0.3 is 0 Å². The molecule has 0 bridgehead atoms. The van der Waals surface area contributed by atoms with Gasteiger partial charge in [-0.3, -0.25) is 4.79 Å². The van der Waals surface area contributed by atoms with E-state index in [-0.39, 0.29) is 5.91 Å². The predicted molar refractivity (Wildman–Crippen MR) is 76.4 cm³/mol. The van der Waals surface area contributed by atoms with Crippen molar-refractivity contribution in [3.8, 4) is 11.5 Å². The second-order valence-corrected chi connectivity index (χ2v) is 3.93. The van der Waals surface area contributed by atoms with Gasteiger partial charge in [0.15, 0.2) is 0 Å². The number of ether oxygens (including phenoxy) is 1. The van der Waals surface area contributed by atoms with Crippen LogP contribution >= 0.6 is 0 Å². The molecule has 0 unspecified atom stereocenters. The van der Waals surface area contributed by atoms with E-state index in [9.17, 15) is 4.79 Å². The Morgan fingerprint density at radius 3 is 2.53 bits per heavy atom. The van der Waals surface area contributed by atoms with Gasteiger partial charge in [-0.05, 0) is 37.3 Å². The van der Waals surface area contributed by atoms with E-state index in [0.29, 0.717) is 11.4 Å². The third kappa shape index (κ3) is 4.00. The lowest BCUT2D eigenvalue weighted by molar-refractivity contribution is -0.111. The molecule has 0 atom stereocenters. The number of amides is 1. The van der Waals surface area contributed by atoms with Crippen molar-refractivity contribution in [3.05, 3.63) is 66.7 Å². The summed E-state index contributed by atoms with van der Waals surface area (Å²) in [5.74, 6) is 1.29. The van der Waals surface area contributed by atoms with Crippen LogP contribution in [0.5, 0.6) is 11.5 Å². The Morgan fingerprint density at radius 1 is 1.05 bits per heavy atom. The van der Waals surface area contributed by atoms with Crippen molar-refractivity contribution in [2.24, 2.45) is 0 Å². The average molecular weight is 253 g/mol. The zero-order valence-electron chi connectivity index (χ0n) is 10.7. The molecule has 19 heavy (non-hydrogen) atoms. The molecule has 3 heteroatoms. The molecule has 0 radical (unpaired) electrons. The molecule has 2 aromatic rings. The van der Waals surface area contributed by atoms with Crippen LogP contribution in [0.4, 0.5) is 5.69 Å². The van der Waals surface area contributed by atoms with Gasteiger partial charge < -0.3 is 10.1 Å². The average Bonchev–Trinajstić information content (AvgIpc) is 2.40. The minimum Gasteiger partial charge on any atom is -0.457 e. The van der Waals surface area contributed by atoms with E-state index < -0.39 is 0 Å². The van der Waals surface area contributed by atoms with Crippen LogP contribution in [0.3, 0.4) is 0 Å². The number of carbonyl (C=O) groups is 1. The van der Waals surface area contributed by atoms with E-state index in [1.165, 1.54) is 6.08 Å². The Hall–Kier alpha value is -2.55. The lowest BCUT2D eigenvalue weighted by Crippen LogP contribution is -2.07. The van der Waals surface area contributed by atoms with E-state index in [1.807, 2.05) is 48.5 Å². The molecule has 0 aliphatic heterocycles. The largest absolute Gasteiger partial charge is 0.457 e. The van der Waals surface area contributed by atoms with Crippen LogP contribution in [0, 0.1) is 0 Å². The zero-order chi connectivity index (χ0) is 13.5. The maximum atomic E-state index is 11.4. The number of rotatable bonds is 4. The third-order valence-electron chi connectivity index (χ3n) is 2.40. The molecule has 0 saturated carbocycles. The SMILES string of the molecule is CC=CC(=O)Nc1cccc(Oc2ccccc2)c1. The minimum absolute atomic E-state index is 0.153. The highest BCUT2D eigenvalue weighted by atomic mass is 16.5. The van der Waals surface area contributed by atoms with E-state index in [2.05, 4.69) is 5.32 Å². The molecular weight excluding hydrogens is 238 g/mol. The van der Waals surface area contributed by atoms with Crippen LogP contribution in [0.25, 0.3) is 0 Å². The Bertz CT molecular complexity index is 576. The van der Waals surface area contributed by atoms with Crippen molar-refractivity contribution in [1.29, 1.82) is 0 Å². The normalized spacial score (nSPS) is 10.4. The molecule has 3 nitrogen and oxygen atoms in total. The van der Waals surface area contributed by atoms with Crippen molar-refractivity contribution in [1.82, 2.24) is 0 Å². The maximum Gasteiger partial charge on any atom is 0.248 e. The summed E-state index contributed by atoms with van der Waals surface area (Å²) in [6.45, 7) is 1.80. The Labute approximate surface area is 112 Å². The first-order valence-electron chi connectivity index (χ1n) is 6.04. The summed E-state index contributed by atoms with van der Waals surface area (Å²) in [7, 11) is 0. The third-order valence-corrected chi connectivity index (χ3v) is 2.40. The van der Waals surface area contributed by atoms with Gasteiger partial charge in [-0.25, -0.2) is 0 Å². The molecule has 1 N–H and O–H groups in total. The van der Waals surface area contributed by atoms with Gasteiger partial charge in [-0.2, -0.15) is 0 Å². The molecule has 0 aliphatic carbocycles. The van der Waals surface area contributed by atoms with Gasteiger partial charge in [0.25, 0.3) is 0 Å². The van der Waals surface area contributed by atoms with Crippen LogP contribution in [0.1, 0.15) is 6.92 Å². The van der Waals surface area contributed by atoms with Crippen molar-refractivity contribution in [2.45, 2.75) is 6.92 Å². The number of nitrogens with one attached hydrogen (secondary N) is 1. The number of hydrogen-bond acceptors (Lipinski definition) is 2. The first-order valence-corrected chi connectivity index (χ1v) is 6.04. The van der Waals surface area contributed by atoms with Crippen LogP contribution in [-0.2, 0) is 4.79 Å². The number of para-hydroxylation sites is 1. The standard InChI is InChI=1S/C16H15NO2/c1-2-7-16(18)17-13-8-6-11-15(12-13)19-14-9-4-3-5-10-14/h2-12H,1H3,(H,17,18). The summed E-state index contributed by atoms with van der Waals surface area (Å²) in [5.41, 5.74) is 0.705. The molecule has 1 amide bonds. The molecule has 0 spiro atoms. The fourth-order valence-electron chi connectivity index (χ4n) is 1.60. The highest BCUT2D eigenvalue weighted by Gasteiger charge is 2.00. The van der Waals surface area contributed by atoms with Crippen molar-refractivity contribution in [3.63, 3.8) is 0 Å². The lowest BCUT2D eigenvalue weighted by atomic mass is 10.3. The van der Waals surface area contributed by atoms with E-state index in [1.54, 1.807) is 19.1 Å². The summed E-state index contributed by atoms with van der Waals surface area (Å²) in [6, 6.07) is 16.8. The number of anilines is 1. The van der Waals surface area contributed by atoms with E-state index >= 15 is 0 Å². The van der Waals surface area contributed by atoms with Gasteiger partial charge in [0, 0.05) is 11.8 Å². The van der Waals surface area contributed by atoms with E-state index in [0.717, 1.165) is 5.75 Å². The van der Waals surface area contributed by atoms with Crippen LogP contribution in [0.15, 0.2) is 66.7 Å². The number of hydrogen-bond donors (Lipinski definition) is 1. The quantitative estimate of drug-likeness (QED) is 0.836. The molecule has 0 fully saturated rings. The van der Waals surface area contributed by atoms with Gasteiger partial charge in [0.1, 0.15) is 11.5 Å². The molecule has 2 aromatic carbocycles. The minimum atomic E-state index is -0.153. The number of allylic oxidation sites excluding steroid dienone is 1. The highest BCUT2D eigenvalue weighted by Crippen LogP contribution is 2.23. The molecular formula is C16H15NO2. The molecule has 0 aromatic heterocycles. The Kier molecular flexibility index (Phi) is 4.34. The summed E-state index contributed by atoms with van der Waals surface area (Å²) < 4.78 is 5.69. The molecule has 0 aliphatic rings. The van der Waals surface area contributed by atoms with Gasteiger partial charge in [0.2, 0.25) is 5.91 Å². The van der Waals surface area contributed by atoms with Crippen molar-refractivity contribution < 1.29 is 9.53 Å². The predicted octanol–water partition coefficient (Wildman–Crippen LogP) is 3.99. The fourth-order valence-corrected chi connectivity index (χ4v) is 1.60. The van der Waals surface area contributed by atoms with Crippen molar-refractivity contribution >= 4 is 11.6 Å². The summed E-state index contributed by atoms with van der Waals surface area (Å²) in [6.07, 6.45) is 3.17. The molecule has 2 rings (SSSR count). The number of benzene rings is 2. The molecule has 0 saturated heterocycles. The van der Waals surface area contributed by atoms with Gasteiger partial charge in [-0.1, -0.05) is 30.3 Å². The first kappa shape index (κ1) is 12.9. The number of carbonyl (C=O) groups excluding carboxylic acids is 1. The second kappa shape index (κ2) is 6.40. The fraction of sp³-hybridized carbons (Fsp3) is 0.0625. The molecule has 96 valence electrons. The van der Waals surface area contributed by atoms with Crippen LogP contribution in [0.2, 0.25) is 0 Å². The summed E-state index contributed by atoms with van der Waals surface area (Å²) in [5, 5.41) is 2.76. The smallest absolute Gasteiger partial charge is 0.248 e. The zero-order valence-corrected chi connectivity index (χ0v) is 10.7. The van der Waals surface area contributed by atoms with E-state index in [4.69, 9.17) is 4.74 Å². The first-order chi connectivity index (χ1) is 9.28. The Morgan fingerprint density at radius 2 is 1.79 bits per heavy atom. The highest BCUT2D eigenvalue weighted by molar-refractivity contribution is 5.99. The van der Waals surface area contributed by atoms with Crippen molar-refractivity contribution in [2.75, 3.05) is 5.32 Å². The monoisotopic (exact) mass is 253 g/mol. The lowest BCUT2D eigenvalue weighted by Gasteiger charge is -2.07. The van der Waals surface area contributed by atoms with Gasteiger partial charge in [-0.15, -0.1) is 0 Å². The maximum absolute atomic E-state index is 11.4. The van der Waals surface area contributed by atoms with Gasteiger partial charge in [0.05, 0.1) is 0 Å². The second-order valence-electron chi connectivity index (χ2n) is 3.93. The summed E-state index contributed by atoms with van der Waals surface area (Å²) >= 11 is 0. The molecule has 0 heterocycles.